The lowest BCUT2D eigenvalue weighted by Crippen LogP contribution is -2.35. The Morgan fingerprint density at radius 3 is 2.41 bits per heavy atom. The molecule has 2 fully saturated rings. The first-order valence-corrected chi connectivity index (χ1v) is 9.08. The van der Waals surface area contributed by atoms with E-state index in [2.05, 4.69) is 36.3 Å². The lowest BCUT2D eigenvalue weighted by Gasteiger charge is -2.21. The Labute approximate surface area is 162 Å². The summed E-state index contributed by atoms with van der Waals surface area (Å²) < 4.78 is 36.9. The fourth-order valence-corrected chi connectivity index (χ4v) is 3.17. The summed E-state index contributed by atoms with van der Waals surface area (Å²) in [5, 5.41) is 7.35. The van der Waals surface area contributed by atoms with Gasteiger partial charge in [0.1, 0.15) is 6.61 Å². The Hall–Kier alpha value is -1.68. The molecule has 0 bridgehead atoms. The third-order valence-corrected chi connectivity index (χ3v) is 4.42. The molecule has 2 unspecified atom stereocenters. The van der Waals surface area contributed by atoms with E-state index in [1.54, 1.807) is 11.0 Å². The van der Waals surface area contributed by atoms with Gasteiger partial charge >= 0.3 is 18.2 Å². The van der Waals surface area contributed by atoms with Crippen molar-refractivity contribution in [3.05, 3.63) is 24.8 Å². The lowest BCUT2D eigenvalue weighted by molar-refractivity contribution is -0.192. The Balaban J connectivity index is 0.000000445. The molecule has 2 saturated heterocycles. The van der Waals surface area contributed by atoms with Crippen LogP contribution < -0.4 is 0 Å². The van der Waals surface area contributed by atoms with Crippen LogP contribution in [0.1, 0.15) is 19.3 Å². The molecular weight excluding hydrogens is 385 g/mol. The molecule has 2 atom stereocenters. The van der Waals surface area contributed by atoms with Crippen molar-refractivity contribution in [2.45, 2.75) is 36.7 Å². The molecule has 0 aromatic carbocycles. The first-order valence-electron chi connectivity index (χ1n) is 8.56. The van der Waals surface area contributed by atoms with Crippen molar-refractivity contribution in [3.63, 3.8) is 0 Å². The van der Waals surface area contributed by atoms with Crippen LogP contribution in [0.4, 0.5) is 18.0 Å². The zero-order chi connectivity index (χ0) is 20.4. The fraction of sp³-hybridized carbons (Fsp3) is 0.647. The van der Waals surface area contributed by atoms with Gasteiger partial charge in [0.2, 0.25) is 0 Å². The average molecular weight is 410 g/mol. The number of hydrogen-bond donors (Lipinski definition) is 2. The number of carbonyl (C=O) groups excluding carboxylic acids is 1. The van der Waals surface area contributed by atoms with Gasteiger partial charge in [-0.15, -0.1) is 0 Å². The van der Waals surface area contributed by atoms with Gasteiger partial charge in [0.15, 0.2) is 0 Å². The average Bonchev–Trinajstić information content (AvgIpc) is 3.22. The van der Waals surface area contributed by atoms with Crippen molar-refractivity contribution in [2.75, 3.05) is 32.8 Å². The van der Waals surface area contributed by atoms with Crippen LogP contribution in [0.3, 0.4) is 0 Å². The summed E-state index contributed by atoms with van der Waals surface area (Å²) in [6, 6.07) is 0.109. The van der Waals surface area contributed by atoms with Gasteiger partial charge in [-0.05, 0) is 32.4 Å². The number of nitrogens with zero attached hydrogens (tertiary/aromatic N) is 2. The molecule has 27 heavy (non-hydrogen) atoms. The number of hydrogen-bond acceptors (Lipinski definition) is 5. The maximum atomic E-state index is 12.0. The number of aliphatic carboxylic acids is 1. The fourth-order valence-electron chi connectivity index (χ4n) is 2.78. The second kappa shape index (κ2) is 11.2. The number of carbonyl (C=O) groups is 2. The normalized spacial score (nSPS) is 23.2. The molecular formula is C17H25F3N2O4S. The maximum Gasteiger partial charge on any atom is 0.490 e. The zero-order valence-electron chi connectivity index (χ0n) is 14.9. The standard InChI is InChI=1S/C15H24N2O2S.C2HF3O2/c1-2-10-19-15(18)17-12-14(20)11-13(17)6-5-9-16-7-3-4-8-16;3-2(4,5)1(6)7/h2,5-6,13-14,20H,1,3-4,7-12H2;(H,6,7). The van der Waals surface area contributed by atoms with E-state index < -0.39 is 12.1 Å². The van der Waals surface area contributed by atoms with Crippen LogP contribution in [0.15, 0.2) is 24.8 Å². The van der Waals surface area contributed by atoms with E-state index in [-0.39, 0.29) is 24.0 Å². The molecule has 2 heterocycles. The summed E-state index contributed by atoms with van der Waals surface area (Å²) >= 11 is 4.49. The lowest BCUT2D eigenvalue weighted by atomic mass is 10.2. The van der Waals surface area contributed by atoms with Gasteiger partial charge in [0.25, 0.3) is 0 Å². The number of amides is 1. The van der Waals surface area contributed by atoms with Crippen molar-refractivity contribution in [2.24, 2.45) is 0 Å². The largest absolute Gasteiger partial charge is 0.490 e. The quantitative estimate of drug-likeness (QED) is 0.539. The molecule has 10 heteroatoms. The first kappa shape index (κ1) is 23.4. The molecule has 0 aromatic rings. The molecule has 1 N–H and O–H groups in total. The smallest absolute Gasteiger partial charge is 0.475 e. The summed E-state index contributed by atoms with van der Waals surface area (Å²) in [6.45, 7) is 7.82. The molecule has 1 amide bonds. The summed E-state index contributed by atoms with van der Waals surface area (Å²) in [5.41, 5.74) is 0. The van der Waals surface area contributed by atoms with Gasteiger partial charge in [-0.25, -0.2) is 9.59 Å². The molecule has 0 radical (unpaired) electrons. The van der Waals surface area contributed by atoms with E-state index in [1.807, 2.05) is 0 Å². The highest BCUT2D eigenvalue weighted by molar-refractivity contribution is 7.81. The van der Waals surface area contributed by atoms with Crippen LogP contribution >= 0.6 is 12.6 Å². The summed E-state index contributed by atoms with van der Waals surface area (Å²) in [5.74, 6) is -2.76. The molecule has 0 saturated carbocycles. The van der Waals surface area contributed by atoms with Crippen molar-refractivity contribution < 1.29 is 32.6 Å². The monoisotopic (exact) mass is 410 g/mol. The molecule has 2 rings (SSSR count). The molecule has 0 aromatic heterocycles. The number of alkyl halides is 3. The number of thiol groups is 1. The number of halogens is 3. The second-order valence-electron chi connectivity index (χ2n) is 6.21. The summed E-state index contributed by atoms with van der Waals surface area (Å²) in [7, 11) is 0. The molecule has 154 valence electrons. The molecule has 2 aliphatic rings. The van der Waals surface area contributed by atoms with E-state index >= 15 is 0 Å². The van der Waals surface area contributed by atoms with Gasteiger partial charge in [0.05, 0.1) is 6.04 Å². The highest BCUT2D eigenvalue weighted by atomic mass is 32.1. The van der Waals surface area contributed by atoms with Crippen molar-refractivity contribution >= 4 is 24.7 Å². The van der Waals surface area contributed by atoms with E-state index in [0.29, 0.717) is 6.54 Å². The zero-order valence-corrected chi connectivity index (χ0v) is 15.8. The van der Waals surface area contributed by atoms with Gasteiger partial charge in [0, 0.05) is 18.3 Å². The predicted molar refractivity (Wildman–Crippen MR) is 97.9 cm³/mol. The third kappa shape index (κ3) is 8.70. The van der Waals surface area contributed by atoms with Crippen LogP contribution in [0.25, 0.3) is 0 Å². The van der Waals surface area contributed by atoms with Crippen LogP contribution in [0.2, 0.25) is 0 Å². The Morgan fingerprint density at radius 2 is 1.89 bits per heavy atom. The maximum absolute atomic E-state index is 12.0. The van der Waals surface area contributed by atoms with E-state index in [1.165, 1.54) is 25.9 Å². The van der Waals surface area contributed by atoms with Gasteiger partial charge in [-0.2, -0.15) is 25.8 Å². The highest BCUT2D eigenvalue weighted by Gasteiger charge is 2.38. The minimum absolute atomic E-state index is 0.109. The molecule has 0 spiro atoms. The van der Waals surface area contributed by atoms with Crippen molar-refractivity contribution in [3.8, 4) is 0 Å². The van der Waals surface area contributed by atoms with Crippen LogP contribution in [0, 0.1) is 0 Å². The number of rotatable bonds is 5. The predicted octanol–water partition coefficient (Wildman–Crippen LogP) is 2.97. The van der Waals surface area contributed by atoms with Crippen LogP contribution in [0.5, 0.6) is 0 Å². The molecule has 0 aliphatic carbocycles. The Morgan fingerprint density at radius 1 is 1.30 bits per heavy atom. The first-order chi connectivity index (χ1) is 12.6. The minimum Gasteiger partial charge on any atom is -0.475 e. The van der Waals surface area contributed by atoms with E-state index in [0.717, 1.165) is 13.0 Å². The molecule has 2 aliphatic heterocycles. The van der Waals surface area contributed by atoms with Gasteiger partial charge < -0.3 is 14.7 Å². The number of likely N-dealkylation sites (tertiary alicyclic amines) is 2. The number of carboxylic acid groups (broad SMARTS) is 1. The number of ether oxygens (including phenoxy) is 1. The van der Waals surface area contributed by atoms with Crippen molar-refractivity contribution in [1.82, 2.24) is 9.80 Å². The Bertz CT molecular complexity index is 537. The van der Waals surface area contributed by atoms with E-state index in [4.69, 9.17) is 14.6 Å². The second-order valence-corrected chi connectivity index (χ2v) is 6.94. The van der Waals surface area contributed by atoms with Crippen molar-refractivity contribution in [1.29, 1.82) is 0 Å². The molecule has 6 nitrogen and oxygen atoms in total. The van der Waals surface area contributed by atoms with Gasteiger partial charge in [-0.1, -0.05) is 24.8 Å². The topological polar surface area (TPSA) is 70.1 Å². The number of carboxylic acids is 1. The van der Waals surface area contributed by atoms with Crippen LogP contribution in [-0.2, 0) is 9.53 Å². The van der Waals surface area contributed by atoms with Crippen LogP contribution in [-0.4, -0.2) is 77.2 Å². The minimum atomic E-state index is -5.08. The van der Waals surface area contributed by atoms with E-state index in [9.17, 15) is 18.0 Å². The van der Waals surface area contributed by atoms with Gasteiger partial charge in [-0.3, -0.25) is 4.90 Å². The SMILES string of the molecule is C=CCOC(=O)N1CC(S)CC1C=CCN1CCCC1.O=C(O)C(F)(F)F. The Kier molecular flexibility index (Phi) is 9.71. The summed E-state index contributed by atoms with van der Waals surface area (Å²) in [4.78, 5) is 25.1. The third-order valence-electron chi connectivity index (χ3n) is 4.04. The summed E-state index contributed by atoms with van der Waals surface area (Å²) in [6.07, 6.45) is 4.04. The highest BCUT2D eigenvalue weighted by Crippen LogP contribution is 2.23.